The van der Waals surface area contributed by atoms with Gasteiger partial charge in [0.2, 0.25) is 0 Å². The molecule has 0 aromatic carbocycles. The molecule has 2 heterocycles. The number of rotatable bonds is 2. The van der Waals surface area contributed by atoms with Crippen LogP contribution in [0.4, 0.5) is 0 Å². The van der Waals surface area contributed by atoms with Crippen LogP contribution >= 0.6 is 11.6 Å². The predicted molar refractivity (Wildman–Crippen MR) is 52.3 cm³/mol. The van der Waals surface area contributed by atoms with Gasteiger partial charge in [0.25, 0.3) is 5.89 Å². The Morgan fingerprint density at radius 1 is 1.40 bits per heavy atom. The van der Waals surface area contributed by atoms with E-state index in [1.807, 2.05) is 0 Å². The van der Waals surface area contributed by atoms with Gasteiger partial charge in [-0.1, -0.05) is 16.8 Å². The van der Waals surface area contributed by atoms with Crippen molar-refractivity contribution in [1.82, 2.24) is 20.1 Å². The zero-order chi connectivity index (χ0) is 10.3. The molecule has 0 N–H and O–H groups in total. The summed E-state index contributed by atoms with van der Waals surface area (Å²) in [6.45, 7) is 0. The van der Waals surface area contributed by atoms with Gasteiger partial charge in [0, 0.05) is 12.1 Å². The third-order valence-corrected chi connectivity index (χ3v) is 2.58. The molecule has 1 saturated carbocycles. The van der Waals surface area contributed by atoms with Crippen molar-refractivity contribution in [3.63, 3.8) is 0 Å². The quantitative estimate of drug-likeness (QED) is 0.728. The standard InChI is InChI=1S/C9H7ClN4O/c10-7-6(3-11-4-12-7)9-13-8(14-15-9)5-1-2-5/h3-5H,1-2H2. The van der Waals surface area contributed by atoms with Crippen LogP contribution in [0.2, 0.25) is 5.15 Å². The van der Waals surface area contributed by atoms with Gasteiger partial charge < -0.3 is 4.52 Å². The highest BCUT2D eigenvalue weighted by molar-refractivity contribution is 6.31. The van der Waals surface area contributed by atoms with Crippen molar-refractivity contribution in [2.75, 3.05) is 0 Å². The van der Waals surface area contributed by atoms with E-state index in [-0.39, 0.29) is 0 Å². The summed E-state index contributed by atoms with van der Waals surface area (Å²) in [5.41, 5.74) is 0.582. The Morgan fingerprint density at radius 3 is 3.00 bits per heavy atom. The van der Waals surface area contributed by atoms with Crippen LogP contribution in [0.15, 0.2) is 17.0 Å². The molecule has 0 radical (unpaired) electrons. The molecule has 1 aliphatic carbocycles. The maximum atomic E-state index is 5.88. The molecule has 2 aromatic heterocycles. The van der Waals surface area contributed by atoms with Gasteiger partial charge in [-0.05, 0) is 12.8 Å². The van der Waals surface area contributed by atoms with Crippen LogP contribution < -0.4 is 0 Å². The maximum absolute atomic E-state index is 5.88. The van der Waals surface area contributed by atoms with Crippen LogP contribution in [-0.2, 0) is 0 Å². The minimum atomic E-state index is 0.330. The topological polar surface area (TPSA) is 64.7 Å². The molecule has 0 saturated heterocycles. The average molecular weight is 223 g/mol. The Balaban J connectivity index is 2.01. The van der Waals surface area contributed by atoms with E-state index in [0.29, 0.717) is 22.5 Å². The molecular weight excluding hydrogens is 216 g/mol. The molecule has 5 nitrogen and oxygen atoms in total. The summed E-state index contributed by atoms with van der Waals surface area (Å²) in [6.07, 6.45) is 5.22. The molecule has 0 aliphatic heterocycles. The van der Waals surface area contributed by atoms with Gasteiger partial charge in [0.1, 0.15) is 11.5 Å². The second-order valence-corrected chi connectivity index (χ2v) is 3.82. The molecule has 3 rings (SSSR count). The highest BCUT2D eigenvalue weighted by atomic mass is 35.5. The van der Waals surface area contributed by atoms with E-state index in [0.717, 1.165) is 18.7 Å². The molecular formula is C9H7ClN4O. The van der Waals surface area contributed by atoms with E-state index in [1.54, 1.807) is 6.20 Å². The second kappa shape index (κ2) is 3.27. The third-order valence-electron chi connectivity index (χ3n) is 2.28. The number of hydrogen-bond donors (Lipinski definition) is 0. The van der Waals surface area contributed by atoms with Gasteiger partial charge in [0.15, 0.2) is 5.82 Å². The fraction of sp³-hybridized carbons (Fsp3) is 0.333. The number of hydrogen-bond acceptors (Lipinski definition) is 5. The molecule has 0 amide bonds. The average Bonchev–Trinajstić information content (AvgIpc) is 2.99. The highest BCUT2D eigenvalue weighted by Gasteiger charge is 2.29. The summed E-state index contributed by atoms with van der Waals surface area (Å²) in [7, 11) is 0. The van der Waals surface area contributed by atoms with E-state index in [2.05, 4.69) is 20.1 Å². The number of halogens is 1. The van der Waals surface area contributed by atoms with Crippen molar-refractivity contribution in [3.8, 4) is 11.5 Å². The lowest BCUT2D eigenvalue weighted by atomic mass is 10.3. The molecule has 0 bridgehead atoms. The Morgan fingerprint density at radius 2 is 2.27 bits per heavy atom. The lowest BCUT2D eigenvalue weighted by molar-refractivity contribution is 0.422. The number of aromatic nitrogens is 4. The van der Waals surface area contributed by atoms with Crippen LogP contribution in [0.25, 0.3) is 11.5 Å². The van der Waals surface area contributed by atoms with Gasteiger partial charge in [0.05, 0.1) is 5.56 Å². The predicted octanol–water partition coefficient (Wildman–Crippen LogP) is 2.06. The lowest BCUT2D eigenvalue weighted by Gasteiger charge is -1.93. The van der Waals surface area contributed by atoms with Crippen molar-refractivity contribution in [2.45, 2.75) is 18.8 Å². The maximum Gasteiger partial charge on any atom is 0.262 e. The third kappa shape index (κ3) is 1.59. The molecule has 15 heavy (non-hydrogen) atoms. The van der Waals surface area contributed by atoms with E-state index in [1.165, 1.54) is 6.33 Å². The summed E-state index contributed by atoms with van der Waals surface area (Å²) in [5.74, 6) is 1.61. The van der Waals surface area contributed by atoms with Gasteiger partial charge in [-0.25, -0.2) is 9.97 Å². The molecule has 2 aromatic rings. The normalized spacial score (nSPS) is 15.5. The first-order valence-electron chi connectivity index (χ1n) is 4.64. The molecule has 1 fully saturated rings. The van der Waals surface area contributed by atoms with Crippen LogP contribution in [0.1, 0.15) is 24.6 Å². The smallest absolute Gasteiger partial charge is 0.262 e. The number of nitrogens with zero attached hydrogens (tertiary/aromatic N) is 4. The second-order valence-electron chi connectivity index (χ2n) is 3.46. The van der Waals surface area contributed by atoms with Crippen molar-refractivity contribution in [1.29, 1.82) is 0 Å². The zero-order valence-electron chi connectivity index (χ0n) is 7.72. The fourth-order valence-electron chi connectivity index (χ4n) is 1.31. The summed E-state index contributed by atoms with van der Waals surface area (Å²) < 4.78 is 5.11. The van der Waals surface area contributed by atoms with E-state index in [9.17, 15) is 0 Å². The van der Waals surface area contributed by atoms with Crippen molar-refractivity contribution >= 4 is 11.6 Å². The first-order chi connectivity index (χ1) is 7.34. The Hall–Kier alpha value is -1.49. The minimum Gasteiger partial charge on any atom is -0.334 e. The zero-order valence-corrected chi connectivity index (χ0v) is 8.48. The van der Waals surface area contributed by atoms with Gasteiger partial charge in [-0.15, -0.1) is 0 Å². The highest BCUT2D eigenvalue weighted by Crippen LogP contribution is 2.39. The SMILES string of the molecule is Clc1ncncc1-c1nc(C2CC2)no1. The van der Waals surface area contributed by atoms with Crippen LogP contribution in [0, 0.1) is 0 Å². The Kier molecular flexibility index (Phi) is 1.92. The van der Waals surface area contributed by atoms with Crippen molar-refractivity contribution < 1.29 is 4.52 Å². The first-order valence-corrected chi connectivity index (χ1v) is 5.02. The van der Waals surface area contributed by atoms with Crippen molar-refractivity contribution in [3.05, 3.63) is 23.5 Å². The summed E-state index contributed by atoms with van der Waals surface area (Å²) >= 11 is 5.88. The Bertz CT molecular complexity index is 494. The van der Waals surface area contributed by atoms with E-state index < -0.39 is 0 Å². The van der Waals surface area contributed by atoms with Crippen LogP contribution in [-0.4, -0.2) is 20.1 Å². The molecule has 0 atom stereocenters. The molecule has 0 spiro atoms. The van der Waals surface area contributed by atoms with Crippen LogP contribution in [0.5, 0.6) is 0 Å². The van der Waals surface area contributed by atoms with Crippen molar-refractivity contribution in [2.24, 2.45) is 0 Å². The molecule has 76 valence electrons. The summed E-state index contributed by atoms with van der Waals surface area (Å²) in [6, 6.07) is 0. The Labute approximate surface area is 90.5 Å². The summed E-state index contributed by atoms with van der Waals surface area (Å²) in [4.78, 5) is 12.0. The van der Waals surface area contributed by atoms with E-state index >= 15 is 0 Å². The molecule has 0 unspecified atom stereocenters. The summed E-state index contributed by atoms with van der Waals surface area (Å²) in [5, 5.41) is 4.23. The van der Waals surface area contributed by atoms with Gasteiger partial charge in [-0.3, -0.25) is 0 Å². The molecule has 6 heteroatoms. The molecule has 1 aliphatic rings. The first kappa shape index (κ1) is 8.79. The fourth-order valence-corrected chi connectivity index (χ4v) is 1.48. The van der Waals surface area contributed by atoms with Crippen LogP contribution in [0.3, 0.4) is 0 Å². The largest absolute Gasteiger partial charge is 0.334 e. The van der Waals surface area contributed by atoms with Gasteiger partial charge in [-0.2, -0.15) is 4.98 Å². The lowest BCUT2D eigenvalue weighted by Crippen LogP contribution is -1.86. The van der Waals surface area contributed by atoms with Gasteiger partial charge >= 0.3 is 0 Å². The van der Waals surface area contributed by atoms with E-state index in [4.69, 9.17) is 16.1 Å². The minimum absolute atomic E-state index is 0.330. The monoisotopic (exact) mass is 222 g/mol.